The Morgan fingerprint density at radius 3 is 1.00 bits per heavy atom. The molecule has 0 saturated carbocycles. The van der Waals surface area contributed by atoms with Crippen LogP contribution in [-0.2, 0) is 5.48 Å². The Bertz CT molecular complexity index is 8.00. The summed E-state index contributed by atoms with van der Waals surface area (Å²) in [7, 11) is 0. The van der Waals surface area contributed by atoms with E-state index in [2.05, 4.69) is 0 Å². The molecule has 0 atom stereocenters. The van der Waals surface area contributed by atoms with Crippen LogP contribution in [0, 0.1) is 0 Å². The molecule has 0 rings (SSSR count). The van der Waals surface area contributed by atoms with Crippen LogP contribution in [0.15, 0.2) is 0 Å². The fourth-order valence-corrected chi connectivity index (χ4v) is 0. The minimum absolute atomic E-state index is 0. The van der Waals surface area contributed by atoms with Gasteiger partial charge in [-0.15, -0.1) is 0 Å². The van der Waals surface area contributed by atoms with E-state index in [-0.39, 0.29) is 71.2 Å². The Morgan fingerprint density at radius 2 is 1.00 bits per heavy atom. The maximum absolute atomic E-state index is 0. The van der Waals surface area contributed by atoms with Crippen LogP contribution in [0.2, 0.25) is 0 Å². The summed E-state index contributed by atoms with van der Waals surface area (Å²) in [5.74, 6) is 0. The zero-order valence-corrected chi connectivity index (χ0v) is 8.74. The third-order valence-corrected chi connectivity index (χ3v) is 0. The Balaban J connectivity index is 0. The van der Waals surface area contributed by atoms with Crippen molar-refractivity contribution in [2.45, 2.75) is 0 Å². The van der Waals surface area contributed by atoms with Gasteiger partial charge in [-0.2, -0.15) is 0 Å². The fourth-order valence-electron chi connectivity index (χ4n) is 0. The summed E-state index contributed by atoms with van der Waals surface area (Å²) in [5.41, 5.74) is 0. The first-order valence-electron chi connectivity index (χ1n) is 0. The van der Waals surface area contributed by atoms with Crippen LogP contribution in [-0.4, -0.2) is 65.7 Å². The summed E-state index contributed by atoms with van der Waals surface area (Å²) in [5, 5.41) is 0. The molecule has 0 heterocycles. The zero-order chi connectivity index (χ0) is 0. The zero-order valence-electron chi connectivity index (χ0n) is 1.76. The van der Waals surface area contributed by atoms with Crippen LogP contribution in [0.3, 0.4) is 0 Å². The summed E-state index contributed by atoms with van der Waals surface area (Å²) >= 11 is 0. The van der Waals surface area contributed by atoms with Crippen LogP contribution >= 0.6 is 0 Å². The molecule has 0 aromatic rings. The van der Waals surface area contributed by atoms with E-state index < -0.39 is 0 Å². The summed E-state index contributed by atoms with van der Waals surface area (Å²) in [6.07, 6.45) is 0. The van der Waals surface area contributed by atoms with Gasteiger partial charge in [-0.1, -0.05) is 0 Å². The van der Waals surface area contributed by atoms with Crippen LogP contribution in [0.4, 0.5) is 0 Å². The average Bonchev–Trinajstić information content (AvgIpc) is 0. The van der Waals surface area contributed by atoms with E-state index in [0.29, 0.717) is 0 Å². The van der Waals surface area contributed by atoms with E-state index in [1.54, 1.807) is 0 Å². The van der Waals surface area contributed by atoms with E-state index in [0.717, 1.165) is 0 Å². The van der Waals surface area contributed by atoms with Gasteiger partial charge in [-0.25, -0.2) is 0 Å². The van der Waals surface area contributed by atoms with Crippen molar-refractivity contribution in [3.05, 3.63) is 0 Å². The molecule has 0 bridgehead atoms. The van der Waals surface area contributed by atoms with Crippen molar-refractivity contribution in [2.75, 3.05) is 0 Å². The molecule has 0 aliphatic rings. The quantitative estimate of drug-likeness (QED) is 0.494. The fraction of sp³-hybridized carbons (Fsp3) is 0. The Morgan fingerprint density at radius 1 is 1.00 bits per heavy atom. The smallest absolute Gasteiger partial charge is 0 e. The van der Waals surface area contributed by atoms with E-state index >= 15 is 0 Å². The average molecular weight is 338 g/mol. The molecule has 4 heteroatoms. The van der Waals surface area contributed by atoms with Crippen molar-refractivity contribution in [3.63, 3.8) is 0 Å². The SMILES string of the molecule is [Ge].[O].[Sb].[Te]. The molecule has 0 amide bonds. The van der Waals surface area contributed by atoms with Gasteiger partial charge in [0.05, 0.1) is 0 Å². The molecule has 0 aliphatic heterocycles. The van der Waals surface area contributed by atoms with Crippen molar-refractivity contribution >= 4 is 65.7 Å². The first kappa shape index (κ1) is 35.8. The molecule has 0 aromatic heterocycles. The van der Waals surface area contributed by atoms with E-state index in [1.165, 1.54) is 0 Å². The van der Waals surface area contributed by atoms with Gasteiger partial charge in [0.1, 0.15) is 0 Å². The van der Waals surface area contributed by atoms with Crippen molar-refractivity contribution in [3.8, 4) is 0 Å². The molecule has 21 valence electrons. The largest absolute Gasteiger partial charge is 0 e. The Kier molecular flexibility index (Phi) is 174. The molecule has 0 N–H and O–H groups in total. The maximum Gasteiger partial charge on any atom is 0 e. The van der Waals surface area contributed by atoms with Crippen LogP contribution in [0.1, 0.15) is 0 Å². The molecule has 0 unspecified atom stereocenters. The van der Waals surface area contributed by atoms with Crippen molar-refractivity contribution in [2.24, 2.45) is 0 Å². The molecule has 0 aliphatic carbocycles. The second-order valence-corrected chi connectivity index (χ2v) is 0. The molecule has 4 heavy (non-hydrogen) atoms. The molecule has 11 radical (unpaired) electrons. The second kappa shape index (κ2) is 19.4. The molecular weight excluding hydrogens is 338 g/mol. The van der Waals surface area contributed by atoms with Crippen LogP contribution < -0.4 is 0 Å². The summed E-state index contributed by atoms with van der Waals surface area (Å²) in [6.45, 7) is 0. The molecule has 0 spiro atoms. The monoisotopic (exact) mass is 341 g/mol. The molecule has 0 fully saturated rings. The normalized spacial score (nSPS) is 0. The minimum atomic E-state index is 0. The molecule has 0 saturated heterocycles. The first-order chi connectivity index (χ1) is 0. The molecule has 0 aromatic carbocycles. The van der Waals surface area contributed by atoms with Crippen molar-refractivity contribution in [1.29, 1.82) is 0 Å². The number of hydrogen-bond acceptors (Lipinski definition) is 0. The van der Waals surface area contributed by atoms with Gasteiger partial charge in [-0.05, 0) is 0 Å². The van der Waals surface area contributed by atoms with Gasteiger partial charge in [0.15, 0.2) is 0 Å². The van der Waals surface area contributed by atoms with Crippen molar-refractivity contribution in [1.82, 2.24) is 0 Å². The molecular formula is GeOSbTe. The van der Waals surface area contributed by atoms with E-state index in [4.69, 9.17) is 0 Å². The third kappa shape index (κ3) is 8.93. The van der Waals surface area contributed by atoms with Crippen molar-refractivity contribution < 1.29 is 5.48 Å². The topological polar surface area (TPSA) is 28.5 Å². The van der Waals surface area contributed by atoms with Gasteiger partial charge in [0.25, 0.3) is 0 Å². The summed E-state index contributed by atoms with van der Waals surface area (Å²) < 4.78 is 0. The maximum atomic E-state index is 0. The minimum Gasteiger partial charge on any atom is 0 e. The van der Waals surface area contributed by atoms with Gasteiger partial charge < -0.3 is 0 Å². The number of hydrogen-bond donors (Lipinski definition) is 0. The Hall–Kier alpha value is 2.11. The summed E-state index contributed by atoms with van der Waals surface area (Å²) in [4.78, 5) is 0. The predicted octanol–water partition coefficient (Wildman–Crippen LogP) is -1.26. The van der Waals surface area contributed by atoms with Crippen LogP contribution in [0.25, 0.3) is 0 Å². The number of rotatable bonds is 0. The third-order valence-electron chi connectivity index (χ3n) is 0. The van der Waals surface area contributed by atoms with Crippen LogP contribution in [0.5, 0.6) is 0 Å². The van der Waals surface area contributed by atoms with E-state index in [9.17, 15) is 0 Å². The second-order valence-electron chi connectivity index (χ2n) is 0. The predicted molar refractivity (Wildman–Crippen MR) is 17.9 cm³/mol. The van der Waals surface area contributed by atoms with Gasteiger partial charge >= 0.3 is 0 Å². The van der Waals surface area contributed by atoms with Gasteiger partial charge in [0.2, 0.25) is 0 Å². The van der Waals surface area contributed by atoms with Gasteiger partial charge in [-0.3, -0.25) is 0 Å². The standard InChI is InChI=1S/Ge.O.Sb.Te. The molecule has 1 nitrogen and oxygen atoms in total. The van der Waals surface area contributed by atoms with E-state index in [1.807, 2.05) is 0 Å². The van der Waals surface area contributed by atoms with Gasteiger partial charge in [0, 0.05) is 71.2 Å². The summed E-state index contributed by atoms with van der Waals surface area (Å²) in [6, 6.07) is 0. The Labute approximate surface area is 70.4 Å². The first-order valence-corrected chi connectivity index (χ1v) is 0.